The highest BCUT2D eigenvalue weighted by molar-refractivity contribution is 7.20. The van der Waals surface area contributed by atoms with Crippen molar-refractivity contribution in [3.63, 3.8) is 0 Å². The lowest BCUT2D eigenvalue weighted by atomic mass is 10.1. The van der Waals surface area contributed by atoms with Gasteiger partial charge in [0.05, 0.1) is 5.02 Å². The molecule has 2 aromatic rings. The van der Waals surface area contributed by atoms with Crippen molar-refractivity contribution in [2.24, 2.45) is 0 Å². The molecule has 0 saturated carbocycles. The normalized spacial score (nSPS) is 10.4. The lowest BCUT2D eigenvalue weighted by Crippen LogP contribution is -1.76. The summed E-state index contributed by atoms with van der Waals surface area (Å²) in [6.45, 7) is 2.11. The van der Waals surface area contributed by atoms with Gasteiger partial charge in [0.25, 0.3) is 0 Å². The summed E-state index contributed by atoms with van der Waals surface area (Å²) >= 11 is 7.50. The van der Waals surface area contributed by atoms with Gasteiger partial charge in [-0.3, -0.25) is 0 Å². The molecule has 2 rings (SSSR count). The SMILES string of the molecule is CCc1ccc2c(Cl)c(C#N)sc2c1. The molecular weight excluding hydrogens is 214 g/mol. The van der Waals surface area contributed by atoms with E-state index in [0.717, 1.165) is 16.5 Å². The fourth-order valence-corrected chi connectivity index (χ4v) is 2.74. The predicted molar refractivity (Wildman–Crippen MR) is 60.9 cm³/mol. The Morgan fingerprint density at radius 3 is 2.93 bits per heavy atom. The highest BCUT2D eigenvalue weighted by atomic mass is 35.5. The van der Waals surface area contributed by atoms with Crippen LogP contribution >= 0.6 is 22.9 Å². The maximum atomic E-state index is 8.82. The summed E-state index contributed by atoms with van der Waals surface area (Å²) in [5.41, 5.74) is 1.28. The number of fused-ring (bicyclic) bond motifs is 1. The Morgan fingerprint density at radius 2 is 2.29 bits per heavy atom. The summed E-state index contributed by atoms with van der Waals surface area (Å²) in [7, 11) is 0. The zero-order valence-electron chi connectivity index (χ0n) is 7.67. The van der Waals surface area contributed by atoms with E-state index in [4.69, 9.17) is 16.9 Å². The van der Waals surface area contributed by atoms with Crippen molar-refractivity contribution in [1.29, 1.82) is 5.26 Å². The van der Waals surface area contributed by atoms with Gasteiger partial charge >= 0.3 is 0 Å². The third-order valence-corrected chi connectivity index (χ3v) is 3.77. The Kier molecular flexibility index (Phi) is 2.45. The van der Waals surface area contributed by atoms with Crippen molar-refractivity contribution in [3.8, 4) is 6.07 Å². The highest BCUT2D eigenvalue weighted by Gasteiger charge is 2.09. The molecule has 1 aromatic carbocycles. The van der Waals surface area contributed by atoms with Gasteiger partial charge in [-0.05, 0) is 18.1 Å². The van der Waals surface area contributed by atoms with E-state index in [1.807, 2.05) is 6.07 Å². The molecule has 0 spiro atoms. The molecule has 0 aliphatic rings. The van der Waals surface area contributed by atoms with Crippen molar-refractivity contribution in [3.05, 3.63) is 33.7 Å². The molecule has 0 atom stereocenters. The Bertz CT molecular complexity index is 522. The topological polar surface area (TPSA) is 23.8 Å². The van der Waals surface area contributed by atoms with Crippen LogP contribution in [0.3, 0.4) is 0 Å². The molecule has 1 heterocycles. The minimum atomic E-state index is 0.593. The standard InChI is InChI=1S/C11H8ClNS/c1-2-7-3-4-8-9(5-7)14-10(6-13)11(8)12/h3-5H,2H2,1H3. The first kappa shape index (κ1) is 9.51. The number of nitriles is 1. The molecule has 1 nitrogen and oxygen atoms in total. The fraction of sp³-hybridized carbons (Fsp3) is 0.182. The number of hydrogen-bond donors (Lipinski definition) is 0. The van der Waals surface area contributed by atoms with Crippen molar-refractivity contribution in [2.45, 2.75) is 13.3 Å². The van der Waals surface area contributed by atoms with E-state index < -0.39 is 0 Å². The van der Waals surface area contributed by atoms with Gasteiger partial charge in [-0.2, -0.15) is 5.26 Å². The molecule has 0 amide bonds. The molecule has 14 heavy (non-hydrogen) atoms. The summed E-state index contributed by atoms with van der Waals surface area (Å²) < 4.78 is 1.10. The minimum absolute atomic E-state index is 0.593. The van der Waals surface area contributed by atoms with E-state index in [0.29, 0.717) is 9.90 Å². The molecule has 0 saturated heterocycles. The first-order valence-corrected chi connectivity index (χ1v) is 5.56. The van der Waals surface area contributed by atoms with Crippen LogP contribution in [0.5, 0.6) is 0 Å². The molecule has 70 valence electrons. The molecule has 0 unspecified atom stereocenters. The maximum Gasteiger partial charge on any atom is 0.124 e. The van der Waals surface area contributed by atoms with E-state index in [2.05, 4.69) is 25.1 Å². The van der Waals surface area contributed by atoms with Crippen LogP contribution < -0.4 is 0 Å². The molecule has 0 bridgehead atoms. The van der Waals surface area contributed by atoms with E-state index in [1.165, 1.54) is 16.9 Å². The van der Waals surface area contributed by atoms with Gasteiger partial charge in [-0.25, -0.2) is 0 Å². The molecule has 0 fully saturated rings. The van der Waals surface area contributed by atoms with Crippen molar-refractivity contribution < 1.29 is 0 Å². The lowest BCUT2D eigenvalue weighted by molar-refractivity contribution is 1.15. The predicted octanol–water partition coefficient (Wildman–Crippen LogP) is 3.99. The molecular formula is C11H8ClNS. The third-order valence-electron chi connectivity index (χ3n) is 2.20. The zero-order valence-corrected chi connectivity index (χ0v) is 9.25. The van der Waals surface area contributed by atoms with Crippen LogP contribution in [0, 0.1) is 11.3 Å². The van der Waals surface area contributed by atoms with Gasteiger partial charge in [0.15, 0.2) is 0 Å². The van der Waals surface area contributed by atoms with Crippen molar-refractivity contribution in [2.75, 3.05) is 0 Å². The van der Waals surface area contributed by atoms with Gasteiger partial charge in [-0.1, -0.05) is 30.7 Å². The first-order valence-electron chi connectivity index (χ1n) is 4.37. The summed E-state index contributed by atoms with van der Waals surface area (Å²) in [5.74, 6) is 0. The zero-order chi connectivity index (χ0) is 10.1. The first-order chi connectivity index (χ1) is 6.76. The second kappa shape index (κ2) is 3.61. The summed E-state index contributed by atoms with van der Waals surface area (Å²) in [6, 6.07) is 8.26. The number of thiophene rings is 1. The Morgan fingerprint density at radius 1 is 1.50 bits per heavy atom. The van der Waals surface area contributed by atoms with Crippen LogP contribution in [-0.2, 0) is 6.42 Å². The number of benzene rings is 1. The summed E-state index contributed by atoms with van der Waals surface area (Å²) in [5, 5.41) is 10.4. The van der Waals surface area contributed by atoms with Crippen LogP contribution in [0.2, 0.25) is 5.02 Å². The number of nitrogens with zero attached hydrogens (tertiary/aromatic N) is 1. The number of rotatable bonds is 1. The van der Waals surface area contributed by atoms with Crippen molar-refractivity contribution >= 4 is 33.0 Å². The number of hydrogen-bond acceptors (Lipinski definition) is 2. The highest BCUT2D eigenvalue weighted by Crippen LogP contribution is 2.35. The van der Waals surface area contributed by atoms with E-state index in [1.54, 1.807) is 0 Å². The molecule has 1 aromatic heterocycles. The van der Waals surface area contributed by atoms with Gasteiger partial charge in [0, 0.05) is 10.1 Å². The summed E-state index contributed by atoms with van der Waals surface area (Å²) in [4.78, 5) is 0.606. The second-order valence-electron chi connectivity index (χ2n) is 3.04. The minimum Gasteiger partial charge on any atom is -0.191 e. The van der Waals surface area contributed by atoms with E-state index >= 15 is 0 Å². The quantitative estimate of drug-likeness (QED) is 0.715. The lowest BCUT2D eigenvalue weighted by Gasteiger charge is -1.95. The summed E-state index contributed by atoms with van der Waals surface area (Å²) in [6.07, 6.45) is 1.01. The van der Waals surface area contributed by atoms with Crippen LogP contribution in [0.1, 0.15) is 17.4 Å². The molecule has 3 heteroatoms. The smallest absolute Gasteiger partial charge is 0.124 e. The van der Waals surface area contributed by atoms with E-state index in [9.17, 15) is 0 Å². The fourth-order valence-electron chi connectivity index (χ4n) is 1.40. The van der Waals surface area contributed by atoms with Crippen LogP contribution in [-0.4, -0.2) is 0 Å². The van der Waals surface area contributed by atoms with Gasteiger partial charge in [0.2, 0.25) is 0 Å². The average molecular weight is 222 g/mol. The second-order valence-corrected chi connectivity index (χ2v) is 4.47. The monoisotopic (exact) mass is 221 g/mol. The van der Waals surface area contributed by atoms with Gasteiger partial charge in [0.1, 0.15) is 10.9 Å². The van der Waals surface area contributed by atoms with Gasteiger partial charge in [-0.15, -0.1) is 11.3 Å². The van der Waals surface area contributed by atoms with Gasteiger partial charge < -0.3 is 0 Å². The van der Waals surface area contributed by atoms with Crippen LogP contribution in [0.4, 0.5) is 0 Å². The molecule has 0 aliphatic heterocycles. The Balaban J connectivity index is 2.74. The average Bonchev–Trinajstić information content (AvgIpc) is 2.55. The Hall–Kier alpha value is -1.04. The maximum absolute atomic E-state index is 8.82. The number of halogens is 1. The molecule has 0 aliphatic carbocycles. The molecule has 0 N–H and O–H groups in total. The van der Waals surface area contributed by atoms with E-state index in [-0.39, 0.29) is 0 Å². The van der Waals surface area contributed by atoms with Crippen molar-refractivity contribution in [1.82, 2.24) is 0 Å². The largest absolute Gasteiger partial charge is 0.191 e. The van der Waals surface area contributed by atoms with Crippen LogP contribution in [0.25, 0.3) is 10.1 Å². The number of aryl methyl sites for hydroxylation is 1. The Labute approximate surface area is 91.5 Å². The molecule has 0 radical (unpaired) electrons. The third kappa shape index (κ3) is 1.39. The van der Waals surface area contributed by atoms with Crippen LogP contribution in [0.15, 0.2) is 18.2 Å².